The standard InChI is InChI=1S/C60H40N2/c1-3-15-41(16-4-1)43-26-30-45(31-27-43)49-19-7-9-21-51(49)59-53-23-11-12-24-54(53)60(52-22-10-8-20-50(52)46-32-28-44(29-33-46)42-17-5-2-6-18-42)56-39-47(34-36-55(56)59)58-37-35-48(40-62-58)57-25-13-14-38-61-57/h1-40H. The molecule has 62 heavy (non-hydrogen) atoms. The molecule has 0 atom stereocenters. The van der Waals surface area contributed by atoms with E-state index in [2.05, 4.69) is 217 Å². The van der Waals surface area contributed by atoms with E-state index in [0.717, 1.165) is 22.5 Å². The van der Waals surface area contributed by atoms with Gasteiger partial charge in [-0.3, -0.25) is 9.97 Å². The maximum absolute atomic E-state index is 5.02. The SMILES string of the molecule is c1ccc(-c2ccc(-c3ccccc3-c3c4ccccc4c(-c4ccccc4-c4ccc(-c5ccccc5)cc4)c4cc(-c5ccc(-c6ccccn6)cn5)ccc34)cc2)cc1. The van der Waals surface area contributed by atoms with Crippen LogP contribution in [0.15, 0.2) is 243 Å². The van der Waals surface area contributed by atoms with Crippen molar-refractivity contribution in [2.45, 2.75) is 0 Å². The Labute approximate surface area is 362 Å². The van der Waals surface area contributed by atoms with Crippen LogP contribution in [0.5, 0.6) is 0 Å². The number of benzene rings is 9. The van der Waals surface area contributed by atoms with Gasteiger partial charge in [0.1, 0.15) is 0 Å². The fourth-order valence-electron chi connectivity index (χ4n) is 9.02. The van der Waals surface area contributed by atoms with E-state index in [9.17, 15) is 0 Å². The summed E-state index contributed by atoms with van der Waals surface area (Å²) in [5.74, 6) is 0. The van der Waals surface area contributed by atoms with E-state index < -0.39 is 0 Å². The summed E-state index contributed by atoms with van der Waals surface area (Å²) in [5.41, 5.74) is 18.2. The molecule has 11 aromatic rings. The minimum Gasteiger partial charge on any atom is -0.256 e. The first-order valence-corrected chi connectivity index (χ1v) is 21.1. The van der Waals surface area contributed by atoms with Crippen molar-refractivity contribution >= 4 is 21.5 Å². The van der Waals surface area contributed by atoms with Gasteiger partial charge in [0, 0.05) is 23.5 Å². The van der Waals surface area contributed by atoms with E-state index in [1.807, 2.05) is 30.6 Å². The molecule has 0 aliphatic carbocycles. The second kappa shape index (κ2) is 16.1. The molecule has 9 aromatic carbocycles. The highest BCUT2D eigenvalue weighted by Crippen LogP contribution is 2.49. The molecular weight excluding hydrogens is 749 g/mol. The lowest BCUT2D eigenvalue weighted by Gasteiger charge is -2.22. The fraction of sp³-hybridized carbons (Fsp3) is 0. The van der Waals surface area contributed by atoms with Crippen LogP contribution in [-0.2, 0) is 0 Å². The molecule has 290 valence electrons. The lowest BCUT2D eigenvalue weighted by molar-refractivity contribution is 1.28. The van der Waals surface area contributed by atoms with Crippen LogP contribution in [0.2, 0.25) is 0 Å². The zero-order valence-corrected chi connectivity index (χ0v) is 34.0. The Morgan fingerprint density at radius 2 is 0.629 bits per heavy atom. The van der Waals surface area contributed by atoms with Crippen molar-refractivity contribution in [2.24, 2.45) is 0 Å². The average Bonchev–Trinajstić information content (AvgIpc) is 3.36. The number of fused-ring (bicyclic) bond motifs is 2. The molecule has 0 fully saturated rings. The predicted octanol–water partition coefficient (Wildman–Crippen LogP) is 16.1. The van der Waals surface area contributed by atoms with Gasteiger partial charge in [0.05, 0.1) is 11.4 Å². The summed E-state index contributed by atoms with van der Waals surface area (Å²) in [6.07, 6.45) is 3.76. The summed E-state index contributed by atoms with van der Waals surface area (Å²) in [7, 11) is 0. The zero-order chi connectivity index (χ0) is 41.2. The van der Waals surface area contributed by atoms with Crippen molar-refractivity contribution in [3.63, 3.8) is 0 Å². The molecule has 0 aliphatic heterocycles. The Morgan fingerprint density at radius 3 is 1.15 bits per heavy atom. The predicted molar refractivity (Wildman–Crippen MR) is 261 cm³/mol. The second-order valence-electron chi connectivity index (χ2n) is 15.7. The van der Waals surface area contributed by atoms with Crippen molar-refractivity contribution in [1.82, 2.24) is 9.97 Å². The van der Waals surface area contributed by atoms with Gasteiger partial charge in [-0.25, -0.2) is 0 Å². The molecular formula is C60H40N2. The molecule has 2 heterocycles. The van der Waals surface area contributed by atoms with E-state index >= 15 is 0 Å². The molecule has 0 aliphatic rings. The molecule has 2 heteroatoms. The van der Waals surface area contributed by atoms with E-state index in [1.54, 1.807) is 0 Å². The van der Waals surface area contributed by atoms with Crippen molar-refractivity contribution in [1.29, 1.82) is 0 Å². The lowest BCUT2D eigenvalue weighted by atomic mass is 9.81. The Bertz CT molecular complexity index is 3340. The third-order valence-corrected chi connectivity index (χ3v) is 12.0. The first-order chi connectivity index (χ1) is 30.8. The van der Waals surface area contributed by atoms with E-state index in [4.69, 9.17) is 4.98 Å². The minimum absolute atomic E-state index is 0.908. The smallest absolute Gasteiger partial charge is 0.0717 e. The Kier molecular flexibility index (Phi) is 9.57. The largest absolute Gasteiger partial charge is 0.256 e. The van der Waals surface area contributed by atoms with Gasteiger partial charge >= 0.3 is 0 Å². The molecule has 0 amide bonds. The first-order valence-electron chi connectivity index (χ1n) is 21.1. The fourth-order valence-corrected chi connectivity index (χ4v) is 9.02. The highest BCUT2D eigenvalue weighted by Gasteiger charge is 2.21. The molecule has 0 saturated carbocycles. The lowest BCUT2D eigenvalue weighted by Crippen LogP contribution is -1.95. The van der Waals surface area contributed by atoms with Crippen LogP contribution >= 0.6 is 0 Å². The summed E-state index contributed by atoms with van der Waals surface area (Å²) in [6, 6.07) is 83.0. The summed E-state index contributed by atoms with van der Waals surface area (Å²) in [6.45, 7) is 0. The molecule has 11 rings (SSSR count). The van der Waals surface area contributed by atoms with Crippen LogP contribution in [0.3, 0.4) is 0 Å². The van der Waals surface area contributed by atoms with Gasteiger partial charge in [0.25, 0.3) is 0 Å². The van der Waals surface area contributed by atoms with Gasteiger partial charge in [-0.15, -0.1) is 0 Å². The van der Waals surface area contributed by atoms with Crippen LogP contribution in [0.25, 0.3) is 111 Å². The third-order valence-electron chi connectivity index (χ3n) is 12.0. The molecule has 0 N–H and O–H groups in total. The summed E-state index contributed by atoms with van der Waals surface area (Å²) >= 11 is 0. The molecule has 0 bridgehead atoms. The van der Waals surface area contributed by atoms with Crippen LogP contribution in [0, 0.1) is 0 Å². The summed E-state index contributed by atoms with van der Waals surface area (Å²) in [5, 5.41) is 4.78. The van der Waals surface area contributed by atoms with Gasteiger partial charge in [-0.2, -0.15) is 0 Å². The monoisotopic (exact) mass is 788 g/mol. The normalized spacial score (nSPS) is 11.2. The number of nitrogens with zero attached hydrogens (tertiary/aromatic N) is 2. The Balaban J connectivity index is 1.13. The topological polar surface area (TPSA) is 25.8 Å². The quantitative estimate of drug-likeness (QED) is 0.143. The number of hydrogen-bond acceptors (Lipinski definition) is 2. The second-order valence-corrected chi connectivity index (χ2v) is 15.7. The average molecular weight is 789 g/mol. The molecule has 2 nitrogen and oxygen atoms in total. The van der Waals surface area contributed by atoms with Gasteiger partial charge in [-0.1, -0.05) is 200 Å². The summed E-state index contributed by atoms with van der Waals surface area (Å²) in [4.78, 5) is 9.58. The van der Waals surface area contributed by atoms with E-state index in [0.29, 0.717) is 0 Å². The number of rotatable bonds is 8. The van der Waals surface area contributed by atoms with Crippen LogP contribution < -0.4 is 0 Å². The maximum Gasteiger partial charge on any atom is 0.0717 e. The zero-order valence-electron chi connectivity index (χ0n) is 34.0. The van der Waals surface area contributed by atoms with Crippen molar-refractivity contribution in [3.05, 3.63) is 243 Å². The Hall–Kier alpha value is -8.20. The van der Waals surface area contributed by atoms with E-state index in [-0.39, 0.29) is 0 Å². The Morgan fingerprint density at radius 1 is 0.226 bits per heavy atom. The third kappa shape index (κ3) is 6.84. The van der Waals surface area contributed by atoms with E-state index in [1.165, 1.54) is 88.3 Å². The van der Waals surface area contributed by atoms with Crippen molar-refractivity contribution in [3.8, 4) is 89.3 Å². The summed E-state index contributed by atoms with van der Waals surface area (Å²) < 4.78 is 0. The van der Waals surface area contributed by atoms with Crippen LogP contribution in [0.4, 0.5) is 0 Å². The molecule has 0 spiro atoms. The molecule has 0 radical (unpaired) electrons. The van der Waals surface area contributed by atoms with Gasteiger partial charge in [0.2, 0.25) is 0 Å². The number of aromatic nitrogens is 2. The highest BCUT2D eigenvalue weighted by atomic mass is 14.7. The van der Waals surface area contributed by atoms with Crippen LogP contribution in [-0.4, -0.2) is 9.97 Å². The van der Waals surface area contributed by atoms with Crippen LogP contribution in [0.1, 0.15) is 0 Å². The highest BCUT2D eigenvalue weighted by molar-refractivity contribution is 6.24. The minimum atomic E-state index is 0.908. The van der Waals surface area contributed by atoms with Crippen molar-refractivity contribution < 1.29 is 0 Å². The van der Waals surface area contributed by atoms with Gasteiger partial charge < -0.3 is 0 Å². The first kappa shape index (κ1) is 36.8. The molecule has 0 unspecified atom stereocenters. The number of pyridine rings is 2. The van der Waals surface area contributed by atoms with Gasteiger partial charge in [0.15, 0.2) is 0 Å². The maximum atomic E-state index is 5.02. The van der Waals surface area contributed by atoms with Crippen molar-refractivity contribution in [2.75, 3.05) is 0 Å². The van der Waals surface area contributed by atoms with Gasteiger partial charge in [-0.05, 0) is 119 Å². The number of hydrogen-bond donors (Lipinski definition) is 0. The molecule has 2 aromatic heterocycles. The molecule has 0 saturated heterocycles.